The molecule has 0 saturated heterocycles. The van der Waals surface area contributed by atoms with Crippen molar-refractivity contribution in [2.24, 2.45) is 4.99 Å². The highest BCUT2D eigenvalue weighted by atomic mass is 32.1. The predicted molar refractivity (Wildman–Crippen MR) is 106 cm³/mol. The van der Waals surface area contributed by atoms with Crippen molar-refractivity contribution in [3.05, 3.63) is 61.5 Å². The molecule has 5 rings (SSSR count). The summed E-state index contributed by atoms with van der Waals surface area (Å²) < 4.78 is 1.58. The van der Waals surface area contributed by atoms with Crippen molar-refractivity contribution in [2.45, 2.75) is 18.9 Å². The van der Waals surface area contributed by atoms with E-state index in [2.05, 4.69) is 30.4 Å². The van der Waals surface area contributed by atoms with Gasteiger partial charge in [0.1, 0.15) is 11.5 Å². The normalized spacial score (nSPS) is 15.3. The molecule has 4 aromatic heterocycles. The van der Waals surface area contributed by atoms with E-state index in [1.54, 1.807) is 35.0 Å². The summed E-state index contributed by atoms with van der Waals surface area (Å²) in [5, 5.41) is 19.3. The molecule has 1 amide bonds. The van der Waals surface area contributed by atoms with Gasteiger partial charge in [-0.25, -0.2) is 9.78 Å². The Balaban J connectivity index is 1.66. The zero-order valence-electron chi connectivity index (χ0n) is 14.9. The molecule has 11 heteroatoms. The zero-order valence-corrected chi connectivity index (χ0v) is 15.7. The van der Waals surface area contributed by atoms with Crippen molar-refractivity contribution in [3.63, 3.8) is 0 Å². The summed E-state index contributed by atoms with van der Waals surface area (Å²) >= 11 is 1.34. The molecule has 1 fully saturated rings. The molecule has 0 aliphatic heterocycles. The van der Waals surface area contributed by atoms with Gasteiger partial charge in [-0.15, -0.1) is 11.3 Å². The molecule has 10 nitrogen and oxygen atoms in total. The first-order valence-corrected chi connectivity index (χ1v) is 9.75. The number of thiophene rings is 1. The molecule has 4 aromatic rings. The number of nitrogens with zero attached hydrogens (tertiary/aromatic N) is 4. The highest BCUT2D eigenvalue weighted by Gasteiger charge is 2.20. The van der Waals surface area contributed by atoms with E-state index in [9.17, 15) is 14.7 Å². The number of H-pyrrole nitrogens is 2. The zero-order chi connectivity index (χ0) is 20.0. The Hall–Kier alpha value is -3.73. The number of fused-ring (bicyclic) bond motifs is 1. The van der Waals surface area contributed by atoms with Crippen molar-refractivity contribution in [1.82, 2.24) is 24.6 Å². The summed E-state index contributed by atoms with van der Waals surface area (Å²) in [4.78, 5) is 38.3. The molecule has 0 radical (unpaired) electrons. The fourth-order valence-corrected chi connectivity index (χ4v) is 3.46. The Bertz CT molecular complexity index is 1390. The lowest BCUT2D eigenvalue weighted by molar-refractivity contribution is 0.103. The fourth-order valence-electron chi connectivity index (χ4n) is 2.85. The minimum atomic E-state index is -0.522. The quantitative estimate of drug-likeness (QED) is 0.386. The van der Waals surface area contributed by atoms with Crippen molar-refractivity contribution in [2.75, 3.05) is 5.32 Å². The van der Waals surface area contributed by atoms with Gasteiger partial charge in [-0.2, -0.15) is 9.61 Å². The van der Waals surface area contributed by atoms with Crippen LogP contribution in [0.2, 0.25) is 0 Å². The standard InChI is InChI=1S/C18H15N7O3S/c26-16-11(21-18(28)24-16)6-9-8-19-25-14(20-10-3-4-10)7-13(22-15(9)25)23-17(27)12-2-1-5-29-12/h1-2,5-8,10,26H,3-4H2,(H,23,27)(H2,21,24,28). The van der Waals surface area contributed by atoms with Crippen LogP contribution in [-0.2, 0) is 0 Å². The Morgan fingerprint density at radius 1 is 1.41 bits per heavy atom. The monoisotopic (exact) mass is 409 g/mol. The van der Waals surface area contributed by atoms with Crippen LogP contribution in [0.4, 0.5) is 5.82 Å². The number of carbonyl (C=O) groups excluding carboxylic acids is 1. The van der Waals surface area contributed by atoms with Crippen LogP contribution >= 0.6 is 11.3 Å². The lowest BCUT2D eigenvalue weighted by Gasteiger charge is -2.04. The Morgan fingerprint density at radius 3 is 2.97 bits per heavy atom. The van der Waals surface area contributed by atoms with E-state index in [1.807, 2.05) is 5.38 Å². The third-order valence-electron chi connectivity index (χ3n) is 4.36. The first-order chi connectivity index (χ1) is 14.1. The van der Waals surface area contributed by atoms with Crippen LogP contribution in [0.25, 0.3) is 11.7 Å². The van der Waals surface area contributed by atoms with E-state index < -0.39 is 5.69 Å². The summed E-state index contributed by atoms with van der Waals surface area (Å²) in [6.07, 6.45) is 5.14. The van der Waals surface area contributed by atoms with Crippen LogP contribution in [0.15, 0.2) is 39.6 Å². The van der Waals surface area contributed by atoms with Crippen molar-refractivity contribution in [1.29, 1.82) is 0 Å². The van der Waals surface area contributed by atoms with Gasteiger partial charge in [0.05, 0.1) is 17.1 Å². The second-order valence-electron chi connectivity index (χ2n) is 6.61. The SMILES string of the molecule is O=C(Nc1cc(=NC2CC2)n2ncc(=Cc3[nH]c(=O)[nH]c3O)c2n1)c1cccs1. The summed E-state index contributed by atoms with van der Waals surface area (Å²) in [5.74, 6) is -0.191. The number of hydrogen-bond donors (Lipinski definition) is 4. The Morgan fingerprint density at radius 2 is 2.28 bits per heavy atom. The smallest absolute Gasteiger partial charge is 0.326 e. The van der Waals surface area contributed by atoms with Gasteiger partial charge in [0, 0.05) is 11.3 Å². The number of aromatic amines is 2. The maximum atomic E-state index is 12.4. The van der Waals surface area contributed by atoms with E-state index in [-0.39, 0.29) is 23.5 Å². The topological polar surface area (TPSA) is 141 Å². The number of anilines is 1. The van der Waals surface area contributed by atoms with E-state index in [4.69, 9.17) is 0 Å². The predicted octanol–water partition coefficient (Wildman–Crippen LogP) is 0.376. The summed E-state index contributed by atoms with van der Waals surface area (Å²) in [7, 11) is 0. The number of amides is 1. The number of hydrogen-bond acceptors (Lipinski definition) is 7. The van der Waals surface area contributed by atoms with E-state index >= 15 is 0 Å². The van der Waals surface area contributed by atoms with Gasteiger partial charge in [0.2, 0.25) is 5.88 Å². The molecule has 1 saturated carbocycles. The van der Waals surface area contributed by atoms with Gasteiger partial charge < -0.3 is 15.4 Å². The third kappa shape index (κ3) is 3.43. The van der Waals surface area contributed by atoms with Gasteiger partial charge >= 0.3 is 5.69 Å². The average Bonchev–Trinajstić information content (AvgIpc) is 3.07. The van der Waals surface area contributed by atoms with Crippen LogP contribution in [0.5, 0.6) is 5.88 Å². The minimum absolute atomic E-state index is 0.209. The molecule has 146 valence electrons. The molecule has 1 aliphatic rings. The molecular formula is C18H15N7O3S. The largest absolute Gasteiger partial charge is 0.493 e. The number of nitrogens with one attached hydrogen (secondary N) is 3. The maximum absolute atomic E-state index is 12.4. The highest BCUT2D eigenvalue weighted by Crippen LogP contribution is 2.22. The summed E-state index contributed by atoms with van der Waals surface area (Å²) in [6.45, 7) is 0. The van der Waals surface area contributed by atoms with Gasteiger partial charge in [0.15, 0.2) is 11.1 Å². The summed E-state index contributed by atoms with van der Waals surface area (Å²) in [5.41, 5.74) is 0.701. The van der Waals surface area contributed by atoms with Crippen LogP contribution < -0.4 is 21.7 Å². The van der Waals surface area contributed by atoms with Crippen LogP contribution in [0.1, 0.15) is 28.2 Å². The Kier molecular flexibility index (Phi) is 4.02. The third-order valence-corrected chi connectivity index (χ3v) is 5.23. The molecule has 0 aromatic carbocycles. The van der Waals surface area contributed by atoms with Crippen molar-refractivity contribution >= 4 is 34.8 Å². The van der Waals surface area contributed by atoms with E-state index in [0.717, 1.165) is 12.8 Å². The number of rotatable bonds is 4. The van der Waals surface area contributed by atoms with E-state index in [0.29, 0.717) is 27.0 Å². The van der Waals surface area contributed by atoms with Gasteiger partial charge in [-0.1, -0.05) is 6.07 Å². The van der Waals surface area contributed by atoms with Crippen LogP contribution in [0.3, 0.4) is 0 Å². The lowest BCUT2D eigenvalue weighted by Crippen LogP contribution is -2.22. The number of aromatic hydroxyl groups is 1. The Labute approximate surface area is 166 Å². The van der Waals surface area contributed by atoms with Gasteiger partial charge in [-0.05, 0) is 30.4 Å². The first-order valence-electron chi connectivity index (χ1n) is 8.87. The second kappa shape index (κ2) is 6.71. The average molecular weight is 409 g/mol. The maximum Gasteiger partial charge on any atom is 0.326 e. The first kappa shape index (κ1) is 17.4. The van der Waals surface area contributed by atoms with Gasteiger partial charge in [0.25, 0.3) is 5.91 Å². The number of aromatic nitrogens is 5. The molecule has 29 heavy (non-hydrogen) atoms. The molecular weight excluding hydrogens is 394 g/mol. The molecule has 4 N–H and O–H groups in total. The lowest BCUT2D eigenvalue weighted by atomic mass is 10.3. The van der Waals surface area contributed by atoms with Gasteiger partial charge in [-0.3, -0.25) is 14.8 Å². The number of carbonyl (C=O) groups is 1. The summed E-state index contributed by atoms with van der Waals surface area (Å²) in [6, 6.07) is 5.46. The van der Waals surface area contributed by atoms with E-state index in [1.165, 1.54) is 11.3 Å². The fraction of sp³-hybridized carbons (Fsp3) is 0.167. The van der Waals surface area contributed by atoms with Crippen LogP contribution in [0, 0.1) is 0 Å². The molecule has 0 spiro atoms. The molecule has 4 heterocycles. The number of imidazole rings is 1. The molecule has 1 aliphatic carbocycles. The highest BCUT2D eigenvalue weighted by molar-refractivity contribution is 7.12. The molecule has 0 unspecified atom stereocenters. The molecule has 0 atom stereocenters. The minimum Gasteiger partial charge on any atom is -0.493 e. The van der Waals surface area contributed by atoms with Crippen molar-refractivity contribution < 1.29 is 9.90 Å². The van der Waals surface area contributed by atoms with Crippen molar-refractivity contribution in [3.8, 4) is 5.88 Å². The van der Waals surface area contributed by atoms with Crippen LogP contribution in [-0.4, -0.2) is 41.6 Å². The molecule has 0 bridgehead atoms. The second-order valence-corrected chi connectivity index (χ2v) is 7.56.